The number of aliphatic hydroxyl groups excluding tert-OH is 4. The molecular formula is C6H8NaO6+. The summed E-state index contributed by atoms with van der Waals surface area (Å²) < 4.78 is 4.32. The predicted octanol–water partition coefficient (Wildman–Crippen LogP) is -4.40. The standard InChI is InChI=1S/C6H8O6.Na/c7-1-2(8)5-3(9)4(10)6(11)12-5;/h2,5,7-10H,1H2;/q;+1/t2-,5+;/m0./s1. The molecule has 7 heteroatoms. The molecule has 0 amide bonds. The molecule has 0 fully saturated rings. The van der Waals surface area contributed by atoms with Crippen molar-refractivity contribution in [1.82, 2.24) is 0 Å². The van der Waals surface area contributed by atoms with Gasteiger partial charge in [0.1, 0.15) is 6.10 Å². The molecule has 0 aliphatic carbocycles. The average molecular weight is 199 g/mol. The minimum atomic E-state index is -1.42. The maximum absolute atomic E-state index is 10.5. The summed E-state index contributed by atoms with van der Waals surface area (Å²) in [4.78, 5) is 10.5. The van der Waals surface area contributed by atoms with Gasteiger partial charge in [-0.25, -0.2) is 4.79 Å². The van der Waals surface area contributed by atoms with Crippen LogP contribution in [0, 0.1) is 0 Å². The molecule has 1 aliphatic rings. The summed E-state index contributed by atoms with van der Waals surface area (Å²) >= 11 is 0. The van der Waals surface area contributed by atoms with E-state index in [-0.39, 0.29) is 29.6 Å². The summed E-state index contributed by atoms with van der Waals surface area (Å²) in [6, 6.07) is 0. The van der Waals surface area contributed by atoms with Crippen molar-refractivity contribution in [3.8, 4) is 0 Å². The number of hydrogen-bond acceptors (Lipinski definition) is 6. The Morgan fingerprint density at radius 2 is 2.00 bits per heavy atom. The fourth-order valence-corrected chi connectivity index (χ4v) is 0.823. The molecule has 0 aromatic rings. The first-order chi connectivity index (χ1) is 5.57. The number of carbonyl (C=O) groups excluding carboxylic acids is 1. The van der Waals surface area contributed by atoms with Crippen LogP contribution in [0.4, 0.5) is 0 Å². The van der Waals surface area contributed by atoms with Crippen LogP contribution in [0.1, 0.15) is 0 Å². The molecule has 0 radical (unpaired) electrons. The summed E-state index contributed by atoms with van der Waals surface area (Å²) in [6.07, 6.45) is -2.78. The van der Waals surface area contributed by atoms with Gasteiger partial charge in [-0.2, -0.15) is 0 Å². The normalized spacial score (nSPS) is 23.8. The monoisotopic (exact) mass is 199 g/mol. The molecule has 1 aliphatic heterocycles. The Morgan fingerprint density at radius 3 is 2.31 bits per heavy atom. The number of rotatable bonds is 2. The van der Waals surface area contributed by atoms with Gasteiger partial charge in [0, 0.05) is 0 Å². The van der Waals surface area contributed by atoms with Crippen molar-refractivity contribution in [2.24, 2.45) is 0 Å². The van der Waals surface area contributed by atoms with Crippen molar-refractivity contribution >= 4 is 5.97 Å². The minimum absolute atomic E-state index is 0. The third kappa shape index (κ3) is 2.35. The number of ether oxygens (including phenoxy) is 1. The molecule has 0 saturated carbocycles. The maximum Gasteiger partial charge on any atom is 1.00 e. The Labute approximate surface area is 95.7 Å². The number of aliphatic hydroxyl groups is 4. The van der Waals surface area contributed by atoms with Crippen LogP contribution in [0.3, 0.4) is 0 Å². The summed E-state index contributed by atoms with van der Waals surface area (Å²) in [7, 11) is 0. The minimum Gasteiger partial charge on any atom is -0.505 e. The van der Waals surface area contributed by atoms with Gasteiger partial charge in [-0.15, -0.1) is 0 Å². The third-order valence-corrected chi connectivity index (χ3v) is 1.48. The van der Waals surface area contributed by atoms with Gasteiger partial charge in [-0.05, 0) is 0 Å². The van der Waals surface area contributed by atoms with Crippen molar-refractivity contribution in [3.63, 3.8) is 0 Å². The van der Waals surface area contributed by atoms with Crippen LogP contribution in [0.2, 0.25) is 0 Å². The molecular weight excluding hydrogens is 191 g/mol. The largest absolute Gasteiger partial charge is 1.00 e. The van der Waals surface area contributed by atoms with Crippen molar-refractivity contribution in [2.75, 3.05) is 6.61 Å². The van der Waals surface area contributed by atoms with Gasteiger partial charge < -0.3 is 25.2 Å². The molecule has 0 aromatic carbocycles. The second-order valence-corrected chi connectivity index (χ2v) is 2.31. The van der Waals surface area contributed by atoms with Crippen molar-refractivity contribution in [1.29, 1.82) is 0 Å². The van der Waals surface area contributed by atoms with E-state index in [9.17, 15) is 4.79 Å². The van der Waals surface area contributed by atoms with Crippen LogP contribution in [0.25, 0.3) is 0 Å². The third-order valence-electron chi connectivity index (χ3n) is 1.48. The fourth-order valence-electron chi connectivity index (χ4n) is 0.823. The molecule has 1 rings (SSSR count). The first kappa shape index (κ1) is 12.7. The Hall–Kier alpha value is -0.270. The molecule has 0 bridgehead atoms. The van der Waals surface area contributed by atoms with E-state index >= 15 is 0 Å². The van der Waals surface area contributed by atoms with E-state index in [4.69, 9.17) is 20.4 Å². The molecule has 0 spiro atoms. The van der Waals surface area contributed by atoms with Crippen molar-refractivity contribution < 1.29 is 59.5 Å². The average Bonchev–Trinajstić information content (AvgIpc) is 2.32. The van der Waals surface area contributed by atoms with Gasteiger partial charge in [0.25, 0.3) is 0 Å². The maximum atomic E-state index is 10.5. The molecule has 68 valence electrons. The first-order valence-corrected chi connectivity index (χ1v) is 3.20. The van der Waals surface area contributed by atoms with Crippen LogP contribution in [0.5, 0.6) is 0 Å². The summed E-state index contributed by atoms with van der Waals surface area (Å²) in [5.74, 6) is -2.78. The van der Waals surface area contributed by atoms with Crippen LogP contribution in [-0.2, 0) is 9.53 Å². The molecule has 0 saturated heterocycles. The van der Waals surface area contributed by atoms with E-state index in [0.717, 1.165) is 0 Å². The molecule has 1 heterocycles. The Bertz CT molecular complexity index is 237. The number of cyclic esters (lactones) is 1. The van der Waals surface area contributed by atoms with E-state index in [1.165, 1.54) is 0 Å². The molecule has 13 heavy (non-hydrogen) atoms. The van der Waals surface area contributed by atoms with Gasteiger partial charge >= 0.3 is 35.5 Å². The van der Waals surface area contributed by atoms with Gasteiger partial charge in [0.05, 0.1) is 6.61 Å². The Balaban J connectivity index is 0.00000144. The van der Waals surface area contributed by atoms with Crippen LogP contribution >= 0.6 is 0 Å². The van der Waals surface area contributed by atoms with Crippen LogP contribution in [0.15, 0.2) is 11.5 Å². The molecule has 6 nitrogen and oxygen atoms in total. The topological polar surface area (TPSA) is 107 Å². The van der Waals surface area contributed by atoms with Gasteiger partial charge in [0.2, 0.25) is 5.76 Å². The van der Waals surface area contributed by atoms with Crippen LogP contribution in [-0.4, -0.2) is 45.2 Å². The van der Waals surface area contributed by atoms with E-state index in [1.807, 2.05) is 0 Å². The van der Waals surface area contributed by atoms with Crippen molar-refractivity contribution in [2.45, 2.75) is 12.2 Å². The zero-order chi connectivity index (χ0) is 9.30. The first-order valence-electron chi connectivity index (χ1n) is 3.20. The van der Waals surface area contributed by atoms with Crippen LogP contribution < -0.4 is 29.6 Å². The summed E-state index contributed by atoms with van der Waals surface area (Å²) in [5.41, 5.74) is 0. The Kier molecular flexibility index (Phi) is 4.72. The van der Waals surface area contributed by atoms with Gasteiger partial charge in [-0.3, -0.25) is 0 Å². The SMILES string of the molecule is O=C1O[C@H]([C@@H](O)CO)C(O)=C1O.[Na+]. The number of carbonyl (C=O) groups is 1. The summed E-state index contributed by atoms with van der Waals surface area (Å²) in [6.45, 7) is -0.671. The zero-order valence-electron chi connectivity index (χ0n) is 6.97. The zero-order valence-corrected chi connectivity index (χ0v) is 8.97. The van der Waals surface area contributed by atoms with Gasteiger partial charge in [-0.1, -0.05) is 0 Å². The van der Waals surface area contributed by atoms with E-state index in [1.54, 1.807) is 0 Å². The molecule has 2 atom stereocenters. The quantitative estimate of drug-likeness (QED) is 0.264. The smallest absolute Gasteiger partial charge is 0.505 e. The second-order valence-electron chi connectivity index (χ2n) is 2.31. The predicted molar refractivity (Wildman–Crippen MR) is 35.3 cm³/mol. The number of hydrogen-bond donors (Lipinski definition) is 4. The molecule has 0 aromatic heterocycles. The van der Waals surface area contributed by atoms with E-state index in [0.29, 0.717) is 0 Å². The fraction of sp³-hybridized carbons (Fsp3) is 0.500. The van der Waals surface area contributed by atoms with Gasteiger partial charge in [0.15, 0.2) is 11.9 Å². The second kappa shape index (κ2) is 4.83. The van der Waals surface area contributed by atoms with E-state index in [2.05, 4.69) is 4.74 Å². The molecule has 4 N–H and O–H groups in total. The summed E-state index contributed by atoms with van der Waals surface area (Å²) in [5, 5.41) is 35.0. The van der Waals surface area contributed by atoms with E-state index < -0.39 is 36.3 Å². The number of esters is 1. The van der Waals surface area contributed by atoms with Crippen molar-refractivity contribution in [3.05, 3.63) is 11.5 Å². The Morgan fingerprint density at radius 1 is 1.46 bits per heavy atom. The molecule has 0 unspecified atom stereocenters.